The molecule has 2 fully saturated rings. The molecule has 2 saturated heterocycles. The smallest absolute Gasteiger partial charge is 0.330 e. The third kappa shape index (κ3) is 8.29. The maximum Gasteiger partial charge on any atom is 0.330 e. The van der Waals surface area contributed by atoms with Gasteiger partial charge in [-0.25, -0.2) is 19.4 Å². The lowest BCUT2D eigenvalue weighted by Gasteiger charge is -2.35. The topological polar surface area (TPSA) is 174 Å². The second-order valence-electron chi connectivity index (χ2n) is 9.65. The van der Waals surface area contributed by atoms with Crippen LogP contribution >= 0.6 is 0 Å². The summed E-state index contributed by atoms with van der Waals surface area (Å²) < 4.78 is 10.1. The van der Waals surface area contributed by atoms with Crippen LogP contribution in [-0.4, -0.2) is 156 Å². The van der Waals surface area contributed by atoms with Gasteiger partial charge in [-0.05, 0) is 13.8 Å². The summed E-state index contributed by atoms with van der Waals surface area (Å²) in [6.45, 7) is 4.20. The van der Waals surface area contributed by atoms with Crippen molar-refractivity contribution >= 4 is 47.4 Å². The Labute approximate surface area is 231 Å². The second-order valence-corrected chi connectivity index (χ2v) is 9.65. The molecule has 0 aromatic rings. The lowest BCUT2D eigenvalue weighted by Crippen LogP contribution is -2.58. The number of esters is 2. The molecule has 40 heavy (non-hydrogen) atoms. The average molecular weight is 569 g/mol. The first-order chi connectivity index (χ1) is 18.6. The van der Waals surface area contributed by atoms with Gasteiger partial charge < -0.3 is 19.3 Å². The first kappa shape index (κ1) is 32.3. The van der Waals surface area contributed by atoms with Gasteiger partial charge in [0.05, 0.1) is 26.2 Å². The van der Waals surface area contributed by atoms with Crippen LogP contribution in [0.3, 0.4) is 0 Å². The molecule has 16 nitrogen and oxygen atoms in total. The van der Waals surface area contributed by atoms with E-state index in [0.29, 0.717) is 0 Å². The van der Waals surface area contributed by atoms with Gasteiger partial charge in [0.2, 0.25) is 35.4 Å². The van der Waals surface area contributed by atoms with Gasteiger partial charge in [-0.1, -0.05) is 0 Å². The van der Waals surface area contributed by atoms with E-state index in [-0.39, 0.29) is 51.1 Å². The van der Waals surface area contributed by atoms with Crippen molar-refractivity contribution in [2.75, 3.05) is 66.8 Å². The van der Waals surface area contributed by atoms with E-state index in [1.807, 2.05) is 0 Å². The maximum atomic E-state index is 12.5. The van der Waals surface area contributed by atoms with E-state index in [4.69, 9.17) is 9.47 Å². The fourth-order valence-electron chi connectivity index (χ4n) is 3.74. The van der Waals surface area contributed by atoms with Crippen LogP contribution in [0.5, 0.6) is 0 Å². The van der Waals surface area contributed by atoms with Gasteiger partial charge in [-0.15, -0.1) is 0 Å². The van der Waals surface area contributed by atoms with Gasteiger partial charge in [0.1, 0.15) is 12.1 Å². The highest BCUT2D eigenvalue weighted by Gasteiger charge is 2.35. The lowest BCUT2D eigenvalue weighted by molar-refractivity contribution is -0.169. The first-order valence-electron chi connectivity index (χ1n) is 12.5. The Kier molecular flexibility index (Phi) is 11.2. The molecule has 0 bridgehead atoms. The molecule has 2 heterocycles. The van der Waals surface area contributed by atoms with Gasteiger partial charge in [0, 0.05) is 41.0 Å². The summed E-state index contributed by atoms with van der Waals surface area (Å²) in [6, 6.07) is -1.78. The SMILES string of the molecule is CC(=O)N(C)C(C)C(=O)OCN1C(=O)CN(CCN2CC(=O)N(COC(=O)C(C)N(C)C(C)=O)C(=O)C2)CC1=O. The van der Waals surface area contributed by atoms with Gasteiger partial charge in [-0.2, -0.15) is 0 Å². The molecule has 6 amide bonds. The zero-order chi connectivity index (χ0) is 30.3. The Morgan fingerprint density at radius 2 is 0.925 bits per heavy atom. The third-order valence-corrected chi connectivity index (χ3v) is 6.88. The van der Waals surface area contributed by atoms with E-state index in [9.17, 15) is 38.4 Å². The number of likely N-dealkylation sites (N-methyl/N-ethyl adjacent to an activating group) is 2. The predicted octanol–water partition coefficient (Wildman–Crippen LogP) is -2.94. The number of carbonyl (C=O) groups excluding carboxylic acids is 8. The summed E-state index contributed by atoms with van der Waals surface area (Å²) in [4.78, 5) is 104. The van der Waals surface area contributed by atoms with Crippen molar-refractivity contribution in [3.05, 3.63) is 0 Å². The fourth-order valence-corrected chi connectivity index (χ4v) is 3.74. The molecule has 0 aromatic carbocycles. The van der Waals surface area contributed by atoms with Gasteiger partial charge in [0.25, 0.3) is 0 Å². The van der Waals surface area contributed by atoms with Crippen molar-refractivity contribution in [3.63, 3.8) is 0 Å². The van der Waals surface area contributed by atoms with Crippen LogP contribution in [0.15, 0.2) is 0 Å². The lowest BCUT2D eigenvalue weighted by atomic mass is 10.2. The van der Waals surface area contributed by atoms with Crippen molar-refractivity contribution in [2.24, 2.45) is 0 Å². The summed E-state index contributed by atoms with van der Waals surface area (Å²) in [5, 5.41) is 0. The monoisotopic (exact) mass is 568 g/mol. The van der Waals surface area contributed by atoms with Gasteiger partial charge in [0.15, 0.2) is 13.5 Å². The molecule has 0 aromatic heterocycles. The molecule has 0 N–H and O–H groups in total. The van der Waals surface area contributed by atoms with Crippen LogP contribution in [0.2, 0.25) is 0 Å². The molecule has 222 valence electrons. The van der Waals surface area contributed by atoms with Crippen LogP contribution in [0.4, 0.5) is 0 Å². The maximum absolute atomic E-state index is 12.5. The number of carbonyl (C=O) groups is 8. The quantitative estimate of drug-likeness (QED) is 0.184. The molecule has 0 aliphatic carbocycles. The predicted molar refractivity (Wildman–Crippen MR) is 134 cm³/mol. The minimum atomic E-state index is -0.890. The number of imide groups is 2. The average Bonchev–Trinajstić information content (AvgIpc) is 2.88. The molecule has 2 rings (SSSR count). The summed E-state index contributed by atoms with van der Waals surface area (Å²) in [6.07, 6.45) is 0. The number of amides is 6. The Bertz CT molecular complexity index is 947. The standard InChI is InChI=1S/C24H36N6O10/c1-15(25(5)17(3)31)23(37)39-13-29-19(33)9-27(10-20(29)34)7-8-28-11-21(35)30(22(36)12-28)14-40-24(38)16(2)26(6)18(4)32/h15-16H,7-14H2,1-6H3. The Morgan fingerprint density at radius 1 is 0.650 bits per heavy atom. The normalized spacial score (nSPS) is 18.4. The van der Waals surface area contributed by atoms with Crippen LogP contribution in [0, 0.1) is 0 Å². The minimum absolute atomic E-state index is 0.142. The number of ether oxygens (including phenoxy) is 2. The van der Waals surface area contributed by atoms with E-state index in [1.54, 1.807) is 9.80 Å². The molecule has 2 aliphatic rings. The van der Waals surface area contributed by atoms with Gasteiger partial charge in [-0.3, -0.25) is 38.6 Å². The van der Waals surface area contributed by atoms with Crippen LogP contribution in [0.1, 0.15) is 27.7 Å². The number of rotatable bonds is 11. The molecule has 0 radical (unpaired) electrons. The summed E-state index contributed by atoms with van der Waals surface area (Å²) in [5.74, 6) is -4.55. The van der Waals surface area contributed by atoms with E-state index >= 15 is 0 Å². The minimum Gasteiger partial charge on any atom is -0.442 e. The molecular formula is C24H36N6O10. The highest BCUT2D eigenvalue weighted by molar-refractivity contribution is 6.00. The van der Waals surface area contributed by atoms with E-state index in [2.05, 4.69) is 0 Å². The van der Waals surface area contributed by atoms with E-state index in [0.717, 1.165) is 9.80 Å². The van der Waals surface area contributed by atoms with E-state index in [1.165, 1.54) is 51.6 Å². The zero-order valence-corrected chi connectivity index (χ0v) is 23.6. The molecule has 16 heteroatoms. The molecule has 0 spiro atoms. The number of hydrogen-bond donors (Lipinski definition) is 0. The summed E-state index contributed by atoms with van der Waals surface area (Å²) in [5.41, 5.74) is 0. The van der Waals surface area contributed by atoms with Crippen molar-refractivity contribution in [3.8, 4) is 0 Å². The third-order valence-electron chi connectivity index (χ3n) is 6.88. The van der Waals surface area contributed by atoms with Crippen molar-refractivity contribution in [2.45, 2.75) is 39.8 Å². The number of piperazine rings is 2. The second kappa shape index (κ2) is 13.9. The first-order valence-corrected chi connectivity index (χ1v) is 12.5. The Balaban J connectivity index is 1.80. The molecule has 2 aliphatic heterocycles. The number of hydrogen-bond acceptors (Lipinski definition) is 12. The zero-order valence-electron chi connectivity index (χ0n) is 23.6. The van der Waals surface area contributed by atoms with Crippen molar-refractivity contribution < 1.29 is 47.8 Å². The molecule has 0 saturated carbocycles. The summed E-state index contributed by atoms with van der Waals surface area (Å²) in [7, 11) is 2.86. The molecular weight excluding hydrogens is 532 g/mol. The Hall–Kier alpha value is -3.92. The van der Waals surface area contributed by atoms with Crippen LogP contribution < -0.4 is 0 Å². The number of nitrogens with zero attached hydrogens (tertiary/aromatic N) is 6. The van der Waals surface area contributed by atoms with Crippen LogP contribution in [0.25, 0.3) is 0 Å². The summed E-state index contributed by atoms with van der Waals surface area (Å²) >= 11 is 0. The highest BCUT2D eigenvalue weighted by Crippen LogP contribution is 2.10. The van der Waals surface area contributed by atoms with Crippen molar-refractivity contribution in [1.82, 2.24) is 29.4 Å². The highest BCUT2D eigenvalue weighted by atomic mass is 16.6. The van der Waals surface area contributed by atoms with Crippen molar-refractivity contribution in [1.29, 1.82) is 0 Å². The molecule has 2 unspecified atom stereocenters. The van der Waals surface area contributed by atoms with E-state index < -0.39 is 61.1 Å². The Morgan fingerprint density at radius 3 is 1.18 bits per heavy atom. The fraction of sp³-hybridized carbons (Fsp3) is 0.667. The van der Waals surface area contributed by atoms with Gasteiger partial charge >= 0.3 is 11.9 Å². The largest absolute Gasteiger partial charge is 0.442 e. The molecule has 2 atom stereocenters. The van der Waals surface area contributed by atoms with Crippen LogP contribution in [-0.2, 0) is 47.8 Å².